The molecule has 0 aliphatic carbocycles. The Morgan fingerprint density at radius 3 is 2.38 bits per heavy atom. The van der Waals surface area contributed by atoms with Gasteiger partial charge in [0.1, 0.15) is 12.4 Å². The highest BCUT2D eigenvalue weighted by Crippen LogP contribution is 2.29. The monoisotopic (exact) mass is 359 g/mol. The van der Waals surface area contributed by atoms with Gasteiger partial charge in [0, 0.05) is 6.54 Å². The summed E-state index contributed by atoms with van der Waals surface area (Å²) >= 11 is 0. The first-order valence-electron chi connectivity index (χ1n) is 9.41. The highest BCUT2D eigenvalue weighted by molar-refractivity contribution is 5.43. The summed E-state index contributed by atoms with van der Waals surface area (Å²) in [6.07, 6.45) is 3.71. The lowest BCUT2D eigenvalue weighted by Gasteiger charge is -2.16. The van der Waals surface area contributed by atoms with Crippen LogP contribution in [0.2, 0.25) is 0 Å². The van der Waals surface area contributed by atoms with Gasteiger partial charge >= 0.3 is 0 Å². The summed E-state index contributed by atoms with van der Waals surface area (Å²) in [4.78, 5) is 0. The summed E-state index contributed by atoms with van der Waals surface area (Å²) in [6.45, 7) is 6.71. The minimum Gasteiger partial charge on any atom is -0.493 e. The van der Waals surface area contributed by atoms with Gasteiger partial charge in [0.2, 0.25) is 0 Å². The average Bonchev–Trinajstić information content (AvgIpc) is 2.67. The van der Waals surface area contributed by atoms with Crippen LogP contribution in [0.4, 0.5) is 4.39 Å². The van der Waals surface area contributed by atoms with Crippen LogP contribution in [-0.2, 0) is 13.2 Å². The Morgan fingerprint density at radius 2 is 1.73 bits per heavy atom. The van der Waals surface area contributed by atoms with Gasteiger partial charge in [0.15, 0.2) is 11.5 Å². The molecular formula is C22H30FNO2. The second-order valence-electron chi connectivity index (χ2n) is 6.59. The number of rotatable bonds is 11. The molecule has 3 nitrogen and oxygen atoms in total. The van der Waals surface area contributed by atoms with Crippen LogP contribution in [0.25, 0.3) is 0 Å². The van der Waals surface area contributed by atoms with Crippen LogP contribution in [0, 0.1) is 11.7 Å². The number of nitrogens with one attached hydrogen (secondary N) is 1. The Labute approximate surface area is 156 Å². The zero-order chi connectivity index (χ0) is 18.8. The molecule has 0 amide bonds. The molecule has 0 bridgehead atoms. The highest BCUT2D eigenvalue weighted by atomic mass is 19.1. The second kappa shape index (κ2) is 10.8. The topological polar surface area (TPSA) is 30.5 Å². The number of halogens is 1. The molecule has 1 unspecified atom stereocenters. The molecule has 0 saturated heterocycles. The fourth-order valence-corrected chi connectivity index (χ4v) is 2.96. The van der Waals surface area contributed by atoms with Crippen molar-refractivity contribution in [1.29, 1.82) is 0 Å². The van der Waals surface area contributed by atoms with Crippen LogP contribution in [0.1, 0.15) is 44.2 Å². The summed E-state index contributed by atoms with van der Waals surface area (Å²) in [7, 11) is 1.64. The van der Waals surface area contributed by atoms with E-state index in [1.54, 1.807) is 19.2 Å². The molecular weight excluding hydrogens is 329 g/mol. The van der Waals surface area contributed by atoms with E-state index in [1.807, 2.05) is 12.1 Å². The largest absolute Gasteiger partial charge is 0.493 e. The zero-order valence-corrected chi connectivity index (χ0v) is 16.1. The van der Waals surface area contributed by atoms with E-state index in [9.17, 15) is 4.39 Å². The zero-order valence-electron chi connectivity index (χ0n) is 16.1. The first kappa shape index (κ1) is 20.2. The van der Waals surface area contributed by atoms with Crippen molar-refractivity contribution in [3.63, 3.8) is 0 Å². The van der Waals surface area contributed by atoms with Crippen molar-refractivity contribution in [2.24, 2.45) is 5.92 Å². The van der Waals surface area contributed by atoms with E-state index in [4.69, 9.17) is 9.47 Å². The van der Waals surface area contributed by atoms with Gasteiger partial charge in [-0.2, -0.15) is 0 Å². The first-order valence-corrected chi connectivity index (χ1v) is 9.41. The SMILES string of the molecule is CCCC(CC)CNCc1ccc(OCc2ccc(F)cc2)c(OC)c1. The van der Waals surface area contributed by atoms with Crippen molar-refractivity contribution >= 4 is 0 Å². The molecule has 0 saturated carbocycles. The predicted octanol–water partition coefficient (Wildman–Crippen LogP) is 5.33. The number of methoxy groups -OCH3 is 1. The van der Waals surface area contributed by atoms with Gasteiger partial charge < -0.3 is 14.8 Å². The van der Waals surface area contributed by atoms with E-state index in [-0.39, 0.29) is 5.82 Å². The Morgan fingerprint density at radius 1 is 1.00 bits per heavy atom. The van der Waals surface area contributed by atoms with Gasteiger partial charge in [-0.3, -0.25) is 0 Å². The molecule has 2 aromatic rings. The van der Waals surface area contributed by atoms with E-state index in [0.717, 1.165) is 24.6 Å². The lowest BCUT2D eigenvalue weighted by atomic mass is 10.0. The average molecular weight is 359 g/mol. The first-order chi connectivity index (χ1) is 12.7. The van der Waals surface area contributed by atoms with Crippen molar-refractivity contribution in [3.05, 3.63) is 59.4 Å². The molecule has 0 aliphatic rings. The van der Waals surface area contributed by atoms with Crippen LogP contribution in [0.15, 0.2) is 42.5 Å². The normalized spacial score (nSPS) is 12.0. The Balaban J connectivity index is 1.90. The minimum atomic E-state index is -0.243. The van der Waals surface area contributed by atoms with E-state index < -0.39 is 0 Å². The summed E-state index contributed by atoms with van der Waals surface area (Å²) in [6, 6.07) is 12.3. The molecule has 0 heterocycles. The molecule has 0 fully saturated rings. The Hall–Kier alpha value is -2.07. The molecule has 0 radical (unpaired) electrons. The van der Waals surface area contributed by atoms with Gasteiger partial charge in [-0.05, 0) is 54.3 Å². The summed E-state index contributed by atoms with van der Waals surface area (Å²) in [5.74, 6) is 1.90. The van der Waals surface area contributed by atoms with E-state index in [0.29, 0.717) is 18.1 Å². The molecule has 0 spiro atoms. The van der Waals surface area contributed by atoms with Crippen LogP contribution in [-0.4, -0.2) is 13.7 Å². The van der Waals surface area contributed by atoms with Crippen molar-refractivity contribution in [1.82, 2.24) is 5.32 Å². The van der Waals surface area contributed by atoms with Crippen LogP contribution in [0.5, 0.6) is 11.5 Å². The van der Waals surface area contributed by atoms with Gasteiger partial charge in [-0.1, -0.05) is 44.9 Å². The Kier molecular flexibility index (Phi) is 8.42. The van der Waals surface area contributed by atoms with Crippen molar-refractivity contribution < 1.29 is 13.9 Å². The Bertz CT molecular complexity index is 658. The summed E-state index contributed by atoms with van der Waals surface area (Å²) < 4.78 is 24.3. The number of hydrogen-bond acceptors (Lipinski definition) is 3. The number of benzene rings is 2. The van der Waals surface area contributed by atoms with Crippen molar-refractivity contribution in [3.8, 4) is 11.5 Å². The van der Waals surface area contributed by atoms with Crippen molar-refractivity contribution in [2.75, 3.05) is 13.7 Å². The summed E-state index contributed by atoms with van der Waals surface area (Å²) in [5, 5.41) is 3.54. The molecule has 142 valence electrons. The van der Waals surface area contributed by atoms with Crippen molar-refractivity contribution in [2.45, 2.75) is 46.3 Å². The minimum absolute atomic E-state index is 0.243. The van der Waals surface area contributed by atoms with Gasteiger partial charge in [0.05, 0.1) is 7.11 Å². The fourth-order valence-electron chi connectivity index (χ4n) is 2.96. The molecule has 2 rings (SSSR count). The third-order valence-electron chi connectivity index (χ3n) is 4.57. The van der Waals surface area contributed by atoms with Crippen LogP contribution in [0.3, 0.4) is 0 Å². The van der Waals surface area contributed by atoms with Crippen LogP contribution < -0.4 is 14.8 Å². The summed E-state index contributed by atoms with van der Waals surface area (Å²) in [5.41, 5.74) is 2.09. The van der Waals surface area contributed by atoms with Gasteiger partial charge in [-0.15, -0.1) is 0 Å². The fraction of sp³-hybridized carbons (Fsp3) is 0.455. The molecule has 0 aromatic heterocycles. The molecule has 4 heteroatoms. The number of hydrogen-bond donors (Lipinski definition) is 1. The van der Waals surface area contributed by atoms with E-state index in [1.165, 1.54) is 37.0 Å². The third-order valence-corrected chi connectivity index (χ3v) is 4.57. The maximum absolute atomic E-state index is 13.0. The molecule has 1 N–H and O–H groups in total. The highest BCUT2D eigenvalue weighted by Gasteiger charge is 2.08. The maximum atomic E-state index is 13.0. The van der Waals surface area contributed by atoms with E-state index in [2.05, 4.69) is 25.2 Å². The number of ether oxygens (including phenoxy) is 2. The smallest absolute Gasteiger partial charge is 0.161 e. The standard InChI is InChI=1S/C22H30FNO2/c1-4-6-17(5-2)14-24-15-19-9-12-21(22(13-19)25-3)26-16-18-7-10-20(23)11-8-18/h7-13,17,24H,4-6,14-16H2,1-3H3. The second-order valence-corrected chi connectivity index (χ2v) is 6.59. The van der Waals surface area contributed by atoms with Gasteiger partial charge in [0.25, 0.3) is 0 Å². The lowest BCUT2D eigenvalue weighted by molar-refractivity contribution is 0.284. The van der Waals surface area contributed by atoms with Crippen LogP contribution >= 0.6 is 0 Å². The maximum Gasteiger partial charge on any atom is 0.161 e. The lowest BCUT2D eigenvalue weighted by Crippen LogP contribution is -2.22. The van der Waals surface area contributed by atoms with Gasteiger partial charge in [-0.25, -0.2) is 4.39 Å². The molecule has 2 aromatic carbocycles. The molecule has 0 aliphatic heterocycles. The predicted molar refractivity (Wildman–Crippen MR) is 104 cm³/mol. The molecule has 26 heavy (non-hydrogen) atoms. The third kappa shape index (κ3) is 6.34. The van der Waals surface area contributed by atoms with E-state index >= 15 is 0 Å². The quantitative estimate of drug-likeness (QED) is 0.588. The molecule has 1 atom stereocenters.